The summed E-state index contributed by atoms with van der Waals surface area (Å²) in [5.74, 6) is 0. The Morgan fingerprint density at radius 3 is 2.52 bits per heavy atom. The highest BCUT2D eigenvalue weighted by Gasteiger charge is 2.12. The summed E-state index contributed by atoms with van der Waals surface area (Å²) < 4.78 is 0. The Bertz CT molecular complexity index is 620. The Kier molecular flexibility index (Phi) is 5.66. The minimum absolute atomic E-state index is 0.643. The van der Waals surface area contributed by atoms with E-state index in [1.807, 2.05) is 30.5 Å². The van der Waals surface area contributed by atoms with Crippen molar-refractivity contribution in [2.75, 3.05) is 13.1 Å². The minimum atomic E-state index is 0.643. The molecule has 1 aromatic carbocycles. The molecule has 110 valence electrons. The van der Waals surface area contributed by atoms with Crippen LogP contribution in [0.3, 0.4) is 0 Å². The van der Waals surface area contributed by atoms with E-state index in [0.29, 0.717) is 10.0 Å². The third-order valence-electron chi connectivity index (χ3n) is 3.30. The molecule has 0 radical (unpaired) electrons. The van der Waals surface area contributed by atoms with Gasteiger partial charge in [0.25, 0.3) is 0 Å². The zero-order valence-corrected chi connectivity index (χ0v) is 13.7. The molecule has 0 unspecified atom stereocenters. The number of hydrogen-bond donors (Lipinski definition) is 0. The van der Waals surface area contributed by atoms with Crippen molar-refractivity contribution in [3.63, 3.8) is 0 Å². The lowest BCUT2D eigenvalue weighted by atomic mass is 10.1. The van der Waals surface area contributed by atoms with E-state index < -0.39 is 0 Å². The molecule has 0 amide bonds. The summed E-state index contributed by atoms with van der Waals surface area (Å²) >= 11 is 12.4. The molecule has 0 atom stereocenters. The van der Waals surface area contributed by atoms with Gasteiger partial charge in [-0.2, -0.15) is 0 Å². The zero-order chi connectivity index (χ0) is 15.2. The van der Waals surface area contributed by atoms with Crippen LogP contribution >= 0.6 is 23.2 Å². The lowest BCUT2D eigenvalue weighted by Gasteiger charge is -2.25. The topological polar surface area (TPSA) is 16.1 Å². The van der Waals surface area contributed by atoms with Gasteiger partial charge in [0.05, 0.1) is 5.02 Å². The van der Waals surface area contributed by atoms with Crippen molar-refractivity contribution in [3.8, 4) is 0 Å². The van der Waals surface area contributed by atoms with Crippen molar-refractivity contribution in [1.82, 2.24) is 9.88 Å². The molecule has 0 bridgehead atoms. The van der Waals surface area contributed by atoms with Gasteiger partial charge in [-0.1, -0.05) is 29.3 Å². The van der Waals surface area contributed by atoms with Crippen LogP contribution in [0.2, 0.25) is 10.0 Å². The summed E-state index contributed by atoms with van der Waals surface area (Å²) in [7, 11) is 0. The summed E-state index contributed by atoms with van der Waals surface area (Å²) in [5, 5.41) is 1.30. The van der Waals surface area contributed by atoms with Crippen molar-refractivity contribution in [3.05, 3.63) is 63.9 Å². The van der Waals surface area contributed by atoms with Gasteiger partial charge in [0.2, 0.25) is 0 Å². The molecule has 0 saturated carbocycles. The van der Waals surface area contributed by atoms with Crippen molar-refractivity contribution in [2.45, 2.75) is 13.8 Å². The number of rotatable bonds is 5. The van der Waals surface area contributed by atoms with Gasteiger partial charge in [-0.25, -0.2) is 0 Å². The van der Waals surface area contributed by atoms with Crippen LogP contribution in [0, 0.1) is 0 Å². The molecule has 2 rings (SSSR count). The number of aromatic nitrogens is 1. The highest BCUT2D eigenvalue weighted by atomic mass is 35.5. The molecule has 0 N–H and O–H groups in total. The summed E-state index contributed by atoms with van der Waals surface area (Å²) in [6, 6.07) is 9.56. The van der Waals surface area contributed by atoms with E-state index in [4.69, 9.17) is 23.2 Å². The quantitative estimate of drug-likeness (QED) is 0.750. The average Bonchev–Trinajstić information content (AvgIpc) is 2.49. The minimum Gasteiger partial charge on any atom is -0.372 e. The maximum Gasteiger partial charge on any atom is 0.0513 e. The van der Waals surface area contributed by atoms with Gasteiger partial charge in [0.1, 0.15) is 0 Å². The summed E-state index contributed by atoms with van der Waals surface area (Å²) in [6.45, 7) is 6.07. The fraction of sp³-hybridized carbons (Fsp3) is 0.235. The lowest BCUT2D eigenvalue weighted by Crippen LogP contribution is -2.21. The molecule has 0 aliphatic rings. The van der Waals surface area contributed by atoms with Crippen LogP contribution < -0.4 is 0 Å². The smallest absolute Gasteiger partial charge is 0.0513 e. The normalized spacial score (nSPS) is 11.5. The van der Waals surface area contributed by atoms with E-state index in [-0.39, 0.29) is 0 Å². The highest BCUT2D eigenvalue weighted by molar-refractivity contribution is 6.35. The Morgan fingerprint density at radius 1 is 1.19 bits per heavy atom. The predicted octanol–water partition coefficient (Wildman–Crippen LogP) is 5.23. The number of nitrogens with zero attached hydrogens (tertiary/aromatic N) is 2. The van der Waals surface area contributed by atoms with Gasteiger partial charge < -0.3 is 4.90 Å². The van der Waals surface area contributed by atoms with Crippen LogP contribution in [0.25, 0.3) is 11.8 Å². The second-order valence-corrected chi connectivity index (χ2v) is 5.46. The Hall–Kier alpha value is -1.51. The van der Waals surface area contributed by atoms with E-state index >= 15 is 0 Å². The van der Waals surface area contributed by atoms with Crippen LogP contribution in [0.5, 0.6) is 0 Å². The van der Waals surface area contributed by atoms with Crippen LogP contribution in [-0.2, 0) is 0 Å². The molecule has 2 nitrogen and oxygen atoms in total. The van der Waals surface area contributed by atoms with Crippen LogP contribution in [0.15, 0.2) is 42.7 Å². The fourth-order valence-corrected chi connectivity index (χ4v) is 2.73. The molecule has 2 aromatic rings. The van der Waals surface area contributed by atoms with E-state index in [9.17, 15) is 0 Å². The summed E-state index contributed by atoms with van der Waals surface area (Å²) in [5.41, 5.74) is 3.11. The number of benzene rings is 1. The molecule has 0 spiro atoms. The molecule has 0 saturated heterocycles. The van der Waals surface area contributed by atoms with Gasteiger partial charge >= 0.3 is 0 Å². The van der Waals surface area contributed by atoms with Crippen molar-refractivity contribution >= 4 is 35.0 Å². The molecular formula is C17H18Cl2N2. The largest absolute Gasteiger partial charge is 0.372 e. The SMILES string of the molecule is CCN(CC)C(=Cc1cccnc1)c1ccc(Cl)cc1Cl. The number of halogens is 2. The van der Waals surface area contributed by atoms with Crippen LogP contribution in [0.1, 0.15) is 25.0 Å². The standard InChI is InChI=1S/C17H18Cl2N2/c1-3-21(4-2)17(10-13-6-5-9-20-12-13)15-8-7-14(18)11-16(15)19/h5-12H,3-4H2,1-2H3. The first-order valence-corrected chi connectivity index (χ1v) is 7.73. The first-order valence-electron chi connectivity index (χ1n) is 6.97. The van der Waals surface area contributed by atoms with Crippen LogP contribution in [0.4, 0.5) is 0 Å². The molecule has 0 fully saturated rings. The molecule has 1 heterocycles. The van der Waals surface area contributed by atoms with Crippen molar-refractivity contribution in [2.24, 2.45) is 0 Å². The zero-order valence-electron chi connectivity index (χ0n) is 12.2. The first-order chi connectivity index (χ1) is 10.2. The first kappa shape index (κ1) is 15.9. The van der Waals surface area contributed by atoms with Gasteiger partial charge in [-0.3, -0.25) is 4.98 Å². The summed E-state index contributed by atoms with van der Waals surface area (Å²) in [4.78, 5) is 6.43. The predicted molar refractivity (Wildman–Crippen MR) is 91.5 cm³/mol. The molecule has 1 aromatic heterocycles. The van der Waals surface area contributed by atoms with Gasteiger partial charge in [0, 0.05) is 41.8 Å². The molecule has 21 heavy (non-hydrogen) atoms. The molecule has 4 heteroatoms. The maximum atomic E-state index is 6.38. The molecular weight excluding hydrogens is 303 g/mol. The van der Waals surface area contributed by atoms with Crippen molar-refractivity contribution < 1.29 is 0 Å². The third kappa shape index (κ3) is 3.99. The van der Waals surface area contributed by atoms with E-state index in [1.165, 1.54) is 0 Å². The monoisotopic (exact) mass is 320 g/mol. The Morgan fingerprint density at radius 2 is 1.95 bits per heavy atom. The Balaban J connectivity index is 2.53. The molecule has 0 aliphatic carbocycles. The van der Waals surface area contributed by atoms with Gasteiger partial charge in [-0.15, -0.1) is 0 Å². The Labute approximate surface area is 136 Å². The number of hydrogen-bond acceptors (Lipinski definition) is 2. The van der Waals surface area contributed by atoms with Crippen LogP contribution in [-0.4, -0.2) is 23.0 Å². The lowest BCUT2D eigenvalue weighted by molar-refractivity contribution is 0.444. The maximum absolute atomic E-state index is 6.38. The summed E-state index contributed by atoms with van der Waals surface area (Å²) in [6.07, 6.45) is 5.71. The number of pyridine rings is 1. The average molecular weight is 321 g/mol. The molecule has 0 aliphatic heterocycles. The second-order valence-electron chi connectivity index (χ2n) is 4.61. The van der Waals surface area contributed by atoms with Gasteiger partial charge in [0.15, 0.2) is 0 Å². The van der Waals surface area contributed by atoms with E-state index in [1.54, 1.807) is 12.3 Å². The van der Waals surface area contributed by atoms with Crippen molar-refractivity contribution in [1.29, 1.82) is 0 Å². The van der Waals surface area contributed by atoms with E-state index in [0.717, 1.165) is 29.9 Å². The second kappa shape index (κ2) is 7.48. The van der Waals surface area contributed by atoms with Gasteiger partial charge in [-0.05, 0) is 49.8 Å². The highest BCUT2D eigenvalue weighted by Crippen LogP contribution is 2.30. The van der Waals surface area contributed by atoms with E-state index in [2.05, 4.69) is 29.8 Å². The third-order valence-corrected chi connectivity index (χ3v) is 3.85. The fourth-order valence-electron chi connectivity index (χ4n) is 2.22.